The summed E-state index contributed by atoms with van der Waals surface area (Å²) in [7, 11) is 0. The second-order valence-electron chi connectivity index (χ2n) is 4.93. The van der Waals surface area contributed by atoms with E-state index in [1.54, 1.807) is 25.1 Å². The molecule has 110 valence electrons. The summed E-state index contributed by atoms with van der Waals surface area (Å²) >= 11 is 0. The van der Waals surface area contributed by atoms with Crippen molar-refractivity contribution in [3.05, 3.63) is 64.2 Å². The molecule has 0 atom stereocenters. The van der Waals surface area contributed by atoms with Crippen molar-refractivity contribution in [2.24, 2.45) is 0 Å². The van der Waals surface area contributed by atoms with Crippen molar-refractivity contribution in [2.45, 2.75) is 20.0 Å². The van der Waals surface area contributed by atoms with Gasteiger partial charge >= 0.3 is 6.18 Å². The SMILES string of the molecule is Cc1cc(C(=O)c2ccc(C(F)(F)F)cc2C)ccc1N. The molecule has 0 saturated carbocycles. The van der Waals surface area contributed by atoms with Crippen LogP contribution < -0.4 is 5.73 Å². The van der Waals surface area contributed by atoms with E-state index in [9.17, 15) is 18.0 Å². The molecule has 0 radical (unpaired) electrons. The van der Waals surface area contributed by atoms with Crippen LogP contribution in [0.1, 0.15) is 32.6 Å². The minimum Gasteiger partial charge on any atom is -0.399 e. The number of hydrogen-bond acceptors (Lipinski definition) is 2. The molecule has 2 aromatic carbocycles. The Balaban J connectivity index is 2.42. The van der Waals surface area contributed by atoms with Crippen molar-refractivity contribution in [1.82, 2.24) is 0 Å². The van der Waals surface area contributed by atoms with E-state index in [2.05, 4.69) is 0 Å². The summed E-state index contributed by atoms with van der Waals surface area (Å²) in [6.45, 7) is 3.26. The minimum atomic E-state index is -4.41. The molecule has 2 aromatic rings. The lowest BCUT2D eigenvalue weighted by Crippen LogP contribution is -2.09. The molecular formula is C16H14F3NO. The number of nitrogen functional groups attached to an aromatic ring is 1. The Kier molecular flexibility index (Phi) is 3.77. The number of carbonyl (C=O) groups is 1. The highest BCUT2D eigenvalue weighted by Crippen LogP contribution is 2.31. The van der Waals surface area contributed by atoms with Gasteiger partial charge in [0.15, 0.2) is 5.78 Å². The molecule has 0 saturated heterocycles. The third kappa shape index (κ3) is 3.07. The monoisotopic (exact) mass is 293 g/mol. The van der Waals surface area contributed by atoms with Crippen LogP contribution in [0, 0.1) is 13.8 Å². The van der Waals surface area contributed by atoms with E-state index in [0.29, 0.717) is 16.8 Å². The van der Waals surface area contributed by atoms with E-state index < -0.39 is 11.7 Å². The summed E-state index contributed by atoms with van der Waals surface area (Å²) < 4.78 is 37.9. The standard InChI is InChI=1S/C16H14F3NO/c1-9-8-12(16(17,18)19)4-5-13(9)15(21)11-3-6-14(20)10(2)7-11/h3-8H,20H2,1-2H3. The predicted octanol–water partition coefficient (Wildman–Crippen LogP) is 4.14. The van der Waals surface area contributed by atoms with Crippen LogP contribution in [-0.4, -0.2) is 5.78 Å². The number of ketones is 1. The number of nitrogens with two attached hydrogens (primary N) is 1. The number of aryl methyl sites for hydroxylation is 2. The molecule has 2 rings (SSSR count). The third-order valence-electron chi connectivity index (χ3n) is 3.33. The maximum atomic E-state index is 12.6. The van der Waals surface area contributed by atoms with E-state index in [-0.39, 0.29) is 11.3 Å². The zero-order valence-electron chi connectivity index (χ0n) is 11.6. The first-order valence-electron chi connectivity index (χ1n) is 6.29. The van der Waals surface area contributed by atoms with E-state index in [1.807, 2.05) is 0 Å². The van der Waals surface area contributed by atoms with Crippen molar-refractivity contribution in [3.63, 3.8) is 0 Å². The highest BCUT2D eigenvalue weighted by Gasteiger charge is 2.31. The number of benzene rings is 2. The molecule has 0 spiro atoms. The first kappa shape index (κ1) is 15.1. The Morgan fingerprint density at radius 3 is 2.19 bits per heavy atom. The van der Waals surface area contributed by atoms with Gasteiger partial charge in [-0.25, -0.2) is 0 Å². The normalized spacial score (nSPS) is 11.5. The van der Waals surface area contributed by atoms with Gasteiger partial charge in [0.05, 0.1) is 5.56 Å². The fourth-order valence-electron chi connectivity index (χ4n) is 2.07. The van der Waals surface area contributed by atoms with Crippen molar-refractivity contribution < 1.29 is 18.0 Å². The largest absolute Gasteiger partial charge is 0.416 e. The molecule has 0 unspecified atom stereocenters. The zero-order chi connectivity index (χ0) is 15.8. The first-order chi connectivity index (χ1) is 9.70. The Morgan fingerprint density at radius 2 is 1.67 bits per heavy atom. The molecular weight excluding hydrogens is 279 g/mol. The molecule has 0 aliphatic heterocycles. The van der Waals surface area contributed by atoms with Crippen molar-refractivity contribution in [1.29, 1.82) is 0 Å². The van der Waals surface area contributed by atoms with E-state index in [1.165, 1.54) is 13.0 Å². The van der Waals surface area contributed by atoms with Gasteiger partial charge in [-0.2, -0.15) is 13.2 Å². The fraction of sp³-hybridized carbons (Fsp3) is 0.188. The predicted molar refractivity (Wildman–Crippen MR) is 75.2 cm³/mol. The zero-order valence-corrected chi connectivity index (χ0v) is 11.6. The summed E-state index contributed by atoms with van der Waals surface area (Å²) in [5, 5.41) is 0. The average Bonchev–Trinajstić information content (AvgIpc) is 2.40. The summed E-state index contributed by atoms with van der Waals surface area (Å²) in [5.74, 6) is -0.315. The first-order valence-corrected chi connectivity index (χ1v) is 6.29. The summed E-state index contributed by atoms with van der Waals surface area (Å²) in [5.41, 5.74) is 7.21. The highest BCUT2D eigenvalue weighted by molar-refractivity contribution is 6.10. The van der Waals surface area contributed by atoms with Gasteiger partial charge < -0.3 is 5.73 Å². The molecule has 0 aliphatic carbocycles. The number of alkyl halides is 3. The Hall–Kier alpha value is -2.30. The molecule has 2 nitrogen and oxygen atoms in total. The highest BCUT2D eigenvalue weighted by atomic mass is 19.4. The number of hydrogen-bond donors (Lipinski definition) is 1. The minimum absolute atomic E-state index is 0.257. The lowest BCUT2D eigenvalue weighted by molar-refractivity contribution is -0.137. The van der Waals surface area contributed by atoms with Crippen LogP contribution in [0.4, 0.5) is 18.9 Å². The summed E-state index contributed by atoms with van der Waals surface area (Å²) in [4.78, 5) is 12.4. The molecule has 2 N–H and O–H groups in total. The lowest BCUT2D eigenvalue weighted by atomic mass is 9.96. The smallest absolute Gasteiger partial charge is 0.399 e. The van der Waals surface area contributed by atoms with Gasteiger partial charge in [0, 0.05) is 16.8 Å². The third-order valence-corrected chi connectivity index (χ3v) is 3.33. The molecule has 0 amide bonds. The number of halogens is 3. The van der Waals surface area contributed by atoms with Crippen molar-refractivity contribution in [2.75, 3.05) is 5.73 Å². The number of rotatable bonds is 2. The van der Waals surface area contributed by atoms with Crippen LogP contribution in [0.15, 0.2) is 36.4 Å². The van der Waals surface area contributed by atoms with Crippen LogP contribution in [0.2, 0.25) is 0 Å². The Morgan fingerprint density at radius 1 is 1.00 bits per heavy atom. The second-order valence-corrected chi connectivity index (χ2v) is 4.93. The van der Waals surface area contributed by atoms with Crippen LogP contribution in [0.25, 0.3) is 0 Å². The second kappa shape index (κ2) is 5.24. The van der Waals surface area contributed by atoms with Crippen molar-refractivity contribution in [3.8, 4) is 0 Å². The average molecular weight is 293 g/mol. The van der Waals surface area contributed by atoms with Gasteiger partial charge in [-0.15, -0.1) is 0 Å². The molecule has 0 fully saturated rings. The van der Waals surface area contributed by atoms with E-state index in [4.69, 9.17) is 5.73 Å². The lowest BCUT2D eigenvalue weighted by Gasteiger charge is -2.11. The summed E-state index contributed by atoms with van der Waals surface area (Å²) in [6.07, 6.45) is -4.41. The van der Waals surface area contributed by atoms with Crippen molar-refractivity contribution >= 4 is 11.5 Å². The fourth-order valence-corrected chi connectivity index (χ4v) is 2.07. The van der Waals surface area contributed by atoms with Crippen LogP contribution in [0.5, 0.6) is 0 Å². The van der Waals surface area contributed by atoms with Crippen LogP contribution >= 0.6 is 0 Å². The maximum Gasteiger partial charge on any atom is 0.416 e. The van der Waals surface area contributed by atoms with Gasteiger partial charge in [0.1, 0.15) is 0 Å². The molecule has 0 bridgehead atoms. The topological polar surface area (TPSA) is 43.1 Å². The molecule has 0 aliphatic rings. The van der Waals surface area contributed by atoms with E-state index in [0.717, 1.165) is 17.7 Å². The molecule has 0 aromatic heterocycles. The maximum absolute atomic E-state index is 12.6. The number of carbonyl (C=O) groups excluding carboxylic acids is 1. The van der Waals surface area contributed by atoms with Gasteiger partial charge in [-0.3, -0.25) is 4.79 Å². The number of anilines is 1. The van der Waals surface area contributed by atoms with Gasteiger partial charge in [0.2, 0.25) is 0 Å². The van der Waals surface area contributed by atoms with Crippen LogP contribution in [-0.2, 0) is 6.18 Å². The van der Waals surface area contributed by atoms with E-state index >= 15 is 0 Å². The van der Waals surface area contributed by atoms with Gasteiger partial charge in [0.25, 0.3) is 0 Å². The molecule has 21 heavy (non-hydrogen) atoms. The molecule has 5 heteroatoms. The Labute approximate surface area is 120 Å². The van der Waals surface area contributed by atoms with Gasteiger partial charge in [-0.05, 0) is 55.3 Å². The van der Waals surface area contributed by atoms with Gasteiger partial charge in [-0.1, -0.05) is 6.07 Å². The Bertz CT molecular complexity index is 705. The quantitative estimate of drug-likeness (QED) is 0.668. The summed E-state index contributed by atoms with van der Waals surface area (Å²) in [6, 6.07) is 7.94. The molecule has 0 heterocycles. The van der Waals surface area contributed by atoms with Crippen LogP contribution in [0.3, 0.4) is 0 Å².